The van der Waals surface area contributed by atoms with Crippen molar-refractivity contribution >= 4 is 17.3 Å². The van der Waals surface area contributed by atoms with Crippen molar-refractivity contribution in [1.82, 2.24) is 4.98 Å². The molecule has 1 amide bonds. The molecule has 0 atom stereocenters. The van der Waals surface area contributed by atoms with Gasteiger partial charge in [-0.1, -0.05) is 36.4 Å². The third-order valence-electron chi connectivity index (χ3n) is 3.69. The Morgan fingerprint density at radius 2 is 1.84 bits per heavy atom. The smallest absolute Gasteiger partial charge is 0.271 e. The Balaban J connectivity index is 2.01. The number of carbonyl (C=O) groups is 1. The van der Waals surface area contributed by atoms with Gasteiger partial charge in [0.25, 0.3) is 11.6 Å². The van der Waals surface area contributed by atoms with E-state index in [1.165, 1.54) is 23.2 Å². The summed E-state index contributed by atoms with van der Waals surface area (Å²) in [6, 6.07) is 18.9. The Labute approximate surface area is 144 Å². The number of pyridine rings is 1. The molecule has 124 valence electrons. The van der Waals surface area contributed by atoms with E-state index in [0.29, 0.717) is 17.8 Å². The van der Waals surface area contributed by atoms with E-state index in [1.807, 2.05) is 30.3 Å². The molecule has 0 saturated heterocycles. The van der Waals surface area contributed by atoms with Gasteiger partial charge in [0.1, 0.15) is 0 Å². The predicted molar refractivity (Wildman–Crippen MR) is 94.3 cm³/mol. The summed E-state index contributed by atoms with van der Waals surface area (Å²) in [5, 5.41) is 11.1. The average Bonchev–Trinajstić information content (AvgIpc) is 2.67. The second-order valence-corrected chi connectivity index (χ2v) is 5.40. The molecule has 0 unspecified atom stereocenters. The van der Waals surface area contributed by atoms with Gasteiger partial charge in [0.05, 0.1) is 22.7 Å². The van der Waals surface area contributed by atoms with Crippen LogP contribution in [0, 0.1) is 10.1 Å². The zero-order valence-corrected chi connectivity index (χ0v) is 13.3. The number of amides is 1. The molecule has 2 aromatic carbocycles. The van der Waals surface area contributed by atoms with Crippen LogP contribution in [0.1, 0.15) is 15.9 Å². The van der Waals surface area contributed by atoms with Crippen LogP contribution in [-0.2, 0) is 6.54 Å². The topological polar surface area (TPSA) is 76.3 Å². The summed E-state index contributed by atoms with van der Waals surface area (Å²) in [5.41, 5.74) is 1.75. The Morgan fingerprint density at radius 1 is 1.04 bits per heavy atom. The van der Waals surface area contributed by atoms with Gasteiger partial charge in [-0.2, -0.15) is 0 Å². The Kier molecular flexibility index (Phi) is 4.80. The van der Waals surface area contributed by atoms with Gasteiger partial charge in [-0.25, -0.2) is 0 Å². The van der Waals surface area contributed by atoms with Crippen LogP contribution in [0.3, 0.4) is 0 Å². The molecule has 0 aliphatic rings. The maximum absolute atomic E-state index is 12.9. The molecule has 3 aromatic rings. The molecule has 0 spiro atoms. The second-order valence-electron chi connectivity index (χ2n) is 5.40. The molecular weight excluding hydrogens is 318 g/mol. The molecule has 1 aromatic heterocycles. The predicted octanol–water partition coefficient (Wildman–Crippen LogP) is 3.84. The minimum atomic E-state index is -0.473. The van der Waals surface area contributed by atoms with Crippen molar-refractivity contribution in [2.24, 2.45) is 0 Å². The first-order valence-electron chi connectivity index (χ1n) is 7.65. The summed E-state index contributed by atoms with van der Waals surface area (Å²) < 4.78 is 0. The minimum Gasteiger partial charge on any atom is -0.304 e. The lowest BCUT2D eigenvalue weighted by Gasteiger charge is -2.23. The van der Waals surface area contributed by atoms with E-state index in [4.69, 9.17) is 0 Å². The van der Waals surface area contributed by atoms with E-state index >= 15 is 0 Å². The minimum absolute atomic E-state index is 0.0606. The quantitative estimate of drug-likeness (QED) is 0.525. The zero-order valence-electron chi connectivity index (χ0n) is 13.3. The molecule has 0 bridgehead atoms. The molecule has 0 N–H and O–H groups in total. The van der Waals surface area contributed by atoms with Gasteiger partial charge in [-0.15, -0.1) is 0 Å². The summed E-state index contributed by atoms with van der Waals surface area (Å²) in [6.07, 6.45) is 3.07. The van der Waals surface area contributed by atoms with E-state index in [-0.39, 0.29) is 11.6 Å². The van der Waals surface area contributed by atoms with Gasteiger partial charge in [0.2, 0.25) is 0 Å². The highest BCUT2D eigenvalue weighted by Crippen LogP contribution is 2.24. The highest BCUT2D eigenvalue weighted by atomic mass is 16.6. The van der Waals surface area contributed by atoms with Crippen molar-refractivity contribution in [3.63, 3.8) is 0 Å². The number of rotatable bonds is 5. The monoisotopic (exact) mass is 333 g/mol. The van der Waals surface area contributed by atoms with E-state index in [0.717, 1.165) is 5.56 Å². The average molecular weight is 333 g/mol. The lowest BCUT2D eigenvalue weighted by Crippen LogP contribution is -2.30. The SMILES string of the molecule is O=C(c1cccnc1)N(Cc1ccccc1)c1cccc([N+](=O)[O-])c1. The first-order chi connectivity index (χ1) is 12.1. The van der Waals surface area contributed by atoms with Crippen LogP contribution in [-0.4, -0.2) is 15.8 Å². The van der Waals surface area contributed by atoms with Crippen molar-refractivity contribution in [2.45, 2.75) is 6.54 Å². The molecule has 0 aliphatic carbocycles. The molecule has 1 heterocycles. The number of aromatic nitrogens is 1. The molecule has 0 aliphatic heterocycles. The number of nitrogens with zero attached hydrogens (tertiary/aromatic N) is 3. The van der Waals surface area contributed by atoms with E-state index in [1.54, 1.807) is 30.5 Å². The van der Waals surface area contributed by atoms with Crippen LogP contribution in [0.5, 0.6) is 0 Å². The molecule has 0 saturated carbocycles. The molecule has 0 radical (unpaired) electrons. The van der Waals surface area contributed by atoms with Crippen molar-refractivity contribution < 1.29 is 9.72 Å². The Morgan fingerprint density at radius 3 is 2.52 bits per heavy atom. The number of hydrogen-bond acceptors (Lipinski definition) is 4. The van der Waals surface area contributed by atoms with Gasteiger partial charge in [0.15, 0.2) is 0 Å². The van der Waals surface area contributed by atoms with Crippen molar-refractivity contribution in [2.75, 3.05) is 4.90 Å². The van der Waals surface area contributed by atoms with Gasteiger partial charge in [-0.3, -0.25) is 19.9 Å². The van der Waals surface area contributed by atoms with E-state index < -0.39 is 4.92 Å². The van der Waals surface area contributed by atoms with Gasteiger partial charge >= 0.3 is 0 Å². The van der Waals surface area contributed by atoms with Crippen molar-refractivity contribution in [3.8, 4) is 0 Å². The number of anilines is 1. The van der Waals surface area contributed by atoms with Crippen LogP contribution in [0.15, 0.2) is 79.1 Å². The molecule has 0 fully saturated rings. The van der Waals surface area contributed by atoms with E-state index in [2.05, 4.69) is 4.98 Å². The zero-order chi connectivity index (χ0) is 17.6. The summed E-state index contributed by atoms with van der Waals surface area (Å²) >= 11 is 0. The Bertz CT molecular complexity index is 883. The van der Waals surface area contributed by atoms with Crippen LogP contribution < -0.4 is 4.90 Å². The fraction of sp³-hybridized carbons (Fsp3) is 0.0526. The van der Waals surface area contributed by atoms with Crippen LogP contribution in [0.4, 0.5) is 11.4 Å². The van der Waals surface area contributed by atoms with Crippen LogP contribution >= 0.6 is 0 Å². The van der Waals surface area contributed by atoms with Crippen LogP contribution in [0.25, 0.3) is 0 Å². The lowest BCUT2D eigenvalue weighted by atomic mass is 10.1. The maximum Gasteiger partial charge on any atom is 0.271 e. The molecule has 6 heteroatoms. The van der Waals surface area contributed by atoms with E-state index in [9.17, 15) is 14.9 Å². The number of non-ortho nitro benzene ring substituents is 1. The number of carbonyl (C=O) groups excluding carboxylic acids is 1. The number of nitro benzene ring substituents is 1. The highest BCUT2D eigenvalue weighted by Gasteiger charge is 2.20. The van der Waals surface area contributed by atoms with Crippen LogP contribution in [0.2, 0.25) is 0 Å². The number of hydrogen-bond donors (Lipinski definition) is 0. The third kappa shape index (κ3) is 3.87. The second kappa shape index (κ2) is 7.35. The van der Waals surface area contributed by atoms with Crippen molar-refractivity contribution in [1.29, 1.82) is 0 Å². The molecular formula is C19H15N3O3. The summed E-state index contributed by atoms with van der Waals surface area (Å²) in [6.45, 7) is 0.301. The first-order valence-corrected chi connectivity index (χ1v) is 7.65. The van der Waals surface area contributed by atoms with Gasteiger partial charge in [0, 0.05) is 24.5 Å². The summed E-state index contributed by atoms with van der Waals surface area (Å²) in [4.78, 5) is 29.0. The van der Waals surface area contributed by atoms with Gasteiger partial charge in [-0.05, 0) is 23.8 Å². The number of benzene rings is 2. The van der Waals surface area contributed by atoms with Gasteiger partial charge < -0.3 is 4.90 Å². The molecule has 3 rings (SSSR count). The number of nitro groups is 1. The molecule has 6 nitrogen and oxygen atoms in total. The molecule has 25 heavy (non-hydrogen) atoms. The highest BCUT2D eigenvalue weighted by molar-refractivity contribution is 6.05. The summed E-state index contributed by atoms with van der Waals surface area (Å²) in [5.74, 6) is -0.266. The first kappa shape index (κ1) is 16.3. The standard InChI is InChI=1S/C19H15N3O3/c23-19(16-8-5-11-20-13-16)21(14-15-6-2-1-3-7-15)17-9-4-10-18(12-17)22(24)25/h1-13H,14H2. The largest absolute Gasteiger partial charge is 0.304 e. The normalized spacial score (nSPS) is 10.2. The fourth-order valence-electron chi connectivity index (χ4n) is 2.47. The summed E-state index contributed by atoms with van der Waals surface area (Å²) in [7, 11) is 0. The lowest BCUT2D eigenvalue weighted by molar-refractivity contribution is -0.384. The Hall–Kier alpha value is -3.54. The fourth-order valence-corrected chi connectivity index (χ4v) is 2.47. The van der Waals surface area contributed by atoms with Crippen molar-refractivity contribution in [3.05, 3.63) is 100 Å². The third-order valence-corrected chi connectivity index (χ3v) is 3.69. The maximum atomic E-state index is 12.9.